The van der Waals surface area contributed by atoms with Crippen molar-refractivity contribution in [1.29, 1.82) is 0 Å². The van der Waals surface area contributed by atoms with Crippen molar-refractivity contribution in [2.75, 3.05) is 4.90 Å². The third kappa shape index (κ3) is 5.71. The molecule has 13 rings (SSSR count). The van der Waals surface area contributed by atoms with E-state index in [-0.39, 0.29) is 10.8 Å². The maximum absolute atomic E-state index is 2.46. The van der Waals surface area contributed by atoms with Crippen LogP contribution in [0, 0.1) is 0 Å². The fourth-order valence-corrected chi connectivity index (χ4v) is 12.8. The minimum atomic E-state index is -0.109. The third-order valence-electron chi connectivity index (χ3n) is 14.9. The first-order valence-electron chi connectivity index (χ1n) is 23.2. The highest BCUT2D eigenvalue weighted by Crippen LogP contribution is 2.54. The van der Waals surface area contributed by atoms with Crippen LogP contribution in [0.15, 0.2) is 212 Å². The molecule has 314 valence electrons. The molecule has 0 bridgehead atoms. The molecule has 0 fully saturated rings. The number of thiophene rings is 1. The van der Waals surface area contributed by atoms with Crippen LogP contribution in [0.25, 0.3) is 86.6 Å². The summed E-state index contributed by atoms with van der Waals surface area (Å²) in [6, 6.07) is 79.4. The van der Waals surface area contributed by atoms with E-state index in [9.17, 15) is 0 Å². The molecule has 0 saturated heterocycles. The Morgan fingerprint density at radius 2 is 0.773 bits per heavy atom. The van der Waals surface area contributed by atoms with E-state index < -0.39 is 0 Å². The van der Waals surface area contributed by atoms with Crippen LogP contribution in [-0.4, -0.2) is 0 Å². The monoisotopic (exact) mass is 861 g/mol. The zero-order valence-corrected chi connectivity index (χ0v) is 38.4. The topological polar surface area (TPSA) is 3.24 Å². The Hall–Kier alpha value is -7.52. The number of hydrogen-bond donors (Lipinski definition) is 0. The van der Waals surface area contributed by atoms with Gasteiger partial charge in [0.15, 0.2) is 0 Å². The Balaban J connectivity index is 0.924. The summed E-state index contributed by atoms with van der Waals surface area (Å²) >= 11 is 1.91. The minimum Gasteiger partial charge on any atom is -0.310 e. The van der Waals surface area contributed by atoms with Crippen LogP contribution in [0.5, 0.6) is 0 Å². The molecule has 10 aromatic carbocycles. The number of benzene rings is 10. The zero-order valence-electron chi connectivity index (χ0n) is 37.6. The summed E-state index contributed by atoms with van der Waals surface area (Å²) in [5.74, 6) is 0. The second kappa shape index (κ2) is 14.5. The largest absolute Gasteiger partial charge is 0.310 e. The van der Waals surface area contributed by atoms with Gasteiger partial charge < -0.3 is 4.90 Å². The average molecular weight is 862 g/mol. The Bertz CT molecular complexity index is 3630. The van der Waals surface area contributed by atoms with E-state index in [0.717, 1.165) is 17.1 Å². The SMILES string of the molecule is CC1(C)c2ccccc2-c2ccc(N(c3ccc(-c4ccc(-c5c(-c6ccccc6)c6c7ccccc7sc6c6ccccc56)cc4)cc3)c3ccc4c(c3)C(C)(C)c3ccccc3-4)cc21. The zero-order chi connectivity index (χ0) is 44.3. The molecule has 1 nitrogen and oxygen atoms in total. The van der Waals surface area contributed by atoms with E-state index in [1.165, 1.54) is 109 Å². The number of rotatable bonds is 6. The van der Waals surface area contributed by atoms with Gasteiger partial charge in [-0.1, -0.05) is 198 Å². The van der Waals surface area contributed by atoms with Crippen molar-refractivity contribution < 1.29 is 0 Å². The van der Waals surface area contributed by atoms with Crippen LogP contribution in [0.4, 0.5) is 17.1 Å². The molecule has 2 aliphatic rings. The van der Waals surface area contributed by atoms with E-state index in [4.69, 9.17) is 0 Å². The first-order valence-corrected chi connectivity index (χ1v) is 24.0. The predicted octanol–water partition coefficient (Wildman–Crippen LogP) is 18.3. The van der Waals surface area contributed by atoms with Crippen molar-refractivity contribution in [1.82, 2.24) is 0 Å². The standard InChI is InChI=1S/C64H47NS/c1-63(2)54-23-13-10-18-47(54)49-36-34-45(38-56(49)63)65(46-35-37-50-48-19-11-14-24-55(48)64(3,4)57(50)39-46)44-32-30-41(31-33-44)40-26-28-43(29-27-40)59-51-20-8-9-21-52(51)62-61(53-22-12-15-25-58(53)66-62)60(59)42-16-6-5-7-17-42/h5-39H,1-4H3. The lowest BCUT2D eigenvalue weighted by Crippen LogP contribution is -2.18. The number of nitrogens with zero attached hydrogens (tertiary/aromatic N) is 1. The van der Waals surface area contributed by atoms with E-state index in [1.54, 1.807) is 0 Å². The molecule has 0 spiro atoms. The molecule has 0 unspecified atom stereocenters. The molecule has 0 saturated carbocycles. The number of hydrogen-bond acceptors (Lipinski definition) is 2. The van der Waals surface area contributed by atoms with Crippen LogP contribution >= 0.6 is 11.3 Å². The van der Waals surface area contributed by atoms with Gasteiger partial charge in [0.05, 0.1) is 0 Å². The van der Waals surface area contributed by atoms with Gasteiger partial charge in [-0.3, -0.25) is 0 Å². The molecule has 11 aromatic rings. The van der Waals surface area contributed by atoms with Gasteiger partial charge in [0.1, 0.15) is 0 Å². The number of fused-ring (bicyclic) bond motifs is 11. The maximum atomic E-state index is 2.46. The van der Waals surface area contributed by atoms with E-state index in [2.05, 4.69) is 245 Å². The fourth-order valence-electron chi connectivity index (χ4n) is 11.6. The van der Waals surface area contributed by atoms with Crippen molar-refractivity contribution in [3.8, 4) is 55.6 Å². The molecule has 1 heterocycles. The van der Waals surface area contributed by atoms with E-state index in [1.807, 2.05) is 11.3 Å². The van der Waals surface area contributed by atoms with Gasteiger partial charge >= 0.3 is 0 Å². The molecule has 66 heavy (non-hydrogen) atoms. The Kier molecular flexibility index (Phi) is 8.54. The third-order valence-corrected chi connectivity index (χ3v) is 16.1. The summed E-state index contributed by atoms with van der Waals surface area (Å²) in [6.45, 7) is 9.48. The molecular formula is C64H47NS. The van der Waals surface area contributed by atoms with Crippen molar-refractivity contribution in [2.24, 2.45) is 0 Å². The quantitative estimate of drug-likeness (QED) is 0.161. The normalized spacial score (nSPS) is 14.0. The molecule has 2 heteroatoms. The Labute approximate surface area is 390 Å². The van der Waals surface area contributed by atoms with Crippen molar-refractivity contribution in [3.63, 3.8) is 0 Å². The van der Waals surface area contributed by atoms with Crippen molar-refractivity contribution in [3.05, 3.63) is 235 Å². The molecule has 0 atom stereocenters. The minimum absolute atomic E-state index is 0.109. The summed E-state index contributed by atoms with van der Waals surface area (Å²) in [7, 11) is 0. The fraction of sp³-hybridized carbons (Fsp3) is 0.0938. The van der Waals surface area contributed by atoms with E-state index >= 15 is 0 Å². The van der Waals surface area contributed by atoms with Crippen LogP contribution in [0.2, 0.25) is 0 Å². The summed E-state index contributed by atoms with van der Waals surface area (Å²) in [5.41, 5.74) is 21.5. The van der Waals surface area contributed by atoms with Crippen LogP contribution in [0.3, 0.4) is 0 Å². The summed E-state index contributed by atoms with van der Waals surface area (Å²) in [5, 5.41) is 5.25. The van der Waals surface area contributed by atoms with Gasteiger partial charge in [-0.25, -0.2) is 0 Å². The molecule has 1 aromatic heterocycles. The molecule has 2 aliphatic carbocycles. The van der Waals surface area contributed by atoms with Crippen LogP contribution < -0.4 is 4.90 Å². The lowest BCUT2D eigenvalue weighted by atomic mass is 9.82. The van der Waals surface area contributed by atoms with Crippen LogP contribution in [-0.2, 0) is 10.8 Å². The van der Waals surface area contributed by atoms with Gasteiger partial charge in [0.2, 0.25) is 0 Å². The summed E-state index contributed by atoms with van der Waals surface area (Å²) in [4.78, 5) is 2.46. The smallest absolute Gasteiger partial charge is 0.0465 e. The highest BCUT2D eigenvalue weighted by atomic mass is 32.1. The lowest BCUT2D eigenvalue weighted by Gasteiger charge is -2.30. The molecule has 0 radical (unpaired) electrons. The summed E-state index contributed by atoms with van der Waals surface area (Å²) < 4.78 is 2.67. The maximum Gasteiger partial charge on any atom is 0.0465 e. The highest BCUT2D eigenvalue weighted by molar-refractivity contribution is 7.26. The van der Waals surface area contributed by atoms with Gasteiger partial charge in [-0.2, -0.15) is 0 Å². The Morgan fingerprint density at radius 1 is 0.333 bits per heavy atom. The first-order chi connectivity index (χ1) is 32.3. The second-order valence-corrected chi connectivity index (χ2v) is 20.3. The predicted molar refractivity (Wildman–Crippen MR) is 283 cm³/mol. The number of anilines is 3. The molecule has 0 aliphatic heterocycles. The molecule has 0 amide bonds. The second-order valence-electron chi connectivity index (χ2n) is 19.2. The van der Waals surface area contributed by atoms with E-state index in [0.29, 0.717) is 0 Å². The van der Waals surface area contributed by atoms with Crippen molar-refractivity contribution >= 4 is 59.3 Å². The summed E-state index contributed by atoms with van der Waals surface area (Å²) in [6.07, 6.45) is 0. The van der Waals surface area contributed by atoms with Crippen LogP contribution in [0.1, 0.15) is 49.9 Å². The first kappa shape index (κ1) is 38.9. The highest BCUT2D eigenvalue weighted by Gasteiger charge is 2.38. The van der Waals surface area contributed by atoms with Crippen molar-refractivity contribution in [2.45, 2.75) is 38.5 Å². The molecule has 0 N–H and O–H groups in total. The van der Waals surface area contributed by atoms with Gasteiger partial charge in [0, 0.05) is 53.5 Å². The van der Waals surface area contributed by atoms with Gasteiger partial charge in [-0.15, -0.1) is 11.3 Å². The van der Waals surface area contributed by atoms with Gasteiger partial charge in [0.25, 0.3) is 0 Å². The lowest BCUT2D eigenvalue weighted by molar-refractivity contribution is 0.660. The van der Waals surface area contributed by atoms with Gasteiger partial charge in [-0.05, 0) is 126 Å². The average Bonchev–Trinajstić information content (AvgIpc) is 3.94. The molecular weight excluding hydrogens is 815 g/mol. The Morgan fingerprint density at radius 3 is 1.38 bits per heavy atom.